The van der Waals surface area contributed by atoms with Crippen molar-refractivity contribution in [2.24, 2.45) is 0 Å². The Morgan fingerprint density at radius 1 is 1.28 bits per heavy atom. The summed E-state index contributed by atoms with van der Waals surface area (Å²) in [6, 6.07) is 7.85. The number of ether oxygens (including phenoxy) is 1. The average Bonchev–Trinajstić information content (AvgIpc) is 2.43. The van der Waals surface area contributed by atoms with E-state index < -0.39 is 0 Å². The average molecular weight is 251 g/mol. The van der Waals surface area contributed by atoms with Crippen molar-refractivity contribution >= 4 is 5.97 Å². The van der Waals surface area contributed by atoms with Crippen LogP contribution in [0.5, 0.6) is 0 Å². The first-order valence-electron chi connectivity index (χ1n) is 6.17. The van der Waals surface area contributed by atoms with Crippen molar-refractivity contribution in [1.82, 2.24) is 4.90 Å². The van der Waals surface area contributed by atoms with Crippen LogP contribution in [0.3, 0.4) is 0 Å². The zero-order valence-corrected chi connectivity index (χ0v) is 11.1. The van der Waals surface area contributed by atoms with Crippen LogP contribution < -0.4 is 0 Å². The normalized spacial score (nSPS) is 10.7. The van der Waals surface area contributed by atoms with Gasteiger partial charge in [0.15, 0.2) is 0 Å². The van der Waals surface area contributed by atoms with Crippen LogP contribution in [-0.4, -0.2) is 36.2 Å². The predicted octanol–water partition coefficient (Wildman–Crippen LogP) is 1.56. The summed E-state index contributed by atoms with van der Waals surface area (Å²) in [4.78, 5) is 13.3. The minimum absolute atomic E-state index is 0.0696. The molecule has 0 radical (unpaired) electrons. The third-order valence-corrected chi connectivity index (χ3v) is 2.92. The molecule has 0 amide bonds. The molecule has 1 N–H and O–H groups in total. The highest BCUT2D eigenvalue weighted by Crippen LogP contribution is 2.08. The second-order valence-electron chi connectivity index (χ2n) is 4.17. The van der Waals surface area contributed by atoms with Crippen molar-refractivity contribution in [3.05, 3.63) is 35.4 Å². The van der Waals surface area contributed by atoms with Crippen molar-refractivity contribution in [1.29, 1.82) is 0 Å². The van der Waals surface area contributed by atoms with Crippen LogP contribution >= 0.6 is 0 Å². The molecule has 0 heterocycles. The molecule has 1 aromatic carbocycles. The van der Waals surface area contributed by atoms with Crippen LogP contribution in [0.4, 0.5) is 0 Å². The quantitative estimate of drug-likeness (QED) is 0.747. The van der Waals surface area contributed by atoms with Crippen molar-refractivity contribution in [3.63, 3.8) is 0 Å². The maximum absolute atomic E-state index is 11.1. The van der Waals surface area contributed by atoms with Gasteiger partial charge in [-0.25, -0.2) is 0 Å². The number of rotatable bonds is 7. The summed E-state index contributed by atoms with van der Waals surface area (Å²) in [5.74, 6) is -0.177. The molecule has 1 rings (SSSR count). The SMILES string of the molecule is CCN(CCC(=O)OC)Cc1ccc(CO)cc1. The van der Waals surface area contributed by atoms with E-state index in [1.54, 1.807) is 0 Å². The topological polar surface area (TPSA) is 49.8 Å². The Kier molecular flexibility index (Phi) is 6.39. The predicted molar refractivity (Wildman–Crippen MR) is 69.9 cm³/mol. The highest BCUT2D eigenvalue weighted by atomic mass is 16.5. The van der Waals surface area contributed by atoms with Crippen molar-refractivity contribution in [2.75, 3.05) is 20.2 Å². The molecule has 4 nitrogen and oxygen atoms in total. The van der Waals surface area contributed by atoms with E-state index in [4.69, 9.17) is 5.11 Å². The number of benzene rings is 1. The lowest BCUT2D eigenvalue weighted by Crippen LogP contribution is -2.26. The number of aliphatic hydroxyl groups is 1. The summed E-state index contributed by atoms with van der Waals surface area (Å²) < 4.78 is 4.63. The number of aliphatic hydroxyl groups excluding tert-OH is 1. The number of esters is 1. The van der Waals surface area contributed by atoms with E-state index >= 15 is 0 Å². The number of methoxy groups -OCH3 is 1. The first-order chi connectivity index (χ1) is 8.69. The molecule has 0 aliphatic heterocycles. The molecule has 4 heteroatoms. The summed E-state index contributed by atoms with van der Waals surface area (Å²) in [5.41, 5.74) is 2.09. The fourth-order valence-electron chi connectivity index (χ4n) is 1.71. The monoisotopic (exact) mass is 251 g/mol. The molecule has 0 unspecified atom stereocenters. The minimum Gasteiger partial charge on any atom is -0.469 e. The molecular formula is C14H21NO3. The number of hydrogen-bond donors (Lipinski definition) is 1. The molecule has 0 saturated heterocycles. The second-order valence-corrected chi connectivity index (χ2v) is 4.17. The number of carbonyl (C=O) groups excluding carboxylic acids is 1. The van der Waals surface area contributed by atoms with Gasteiger partial charge >= 0.3 is 5.97 Å². The fraction of sp³-hybridized carbons (Fsp3) is 0.500. The Morgan fingerprint density at radius 3 is 2.39 bits per heavy atom. The summed E-state index contributed by atoms with van der Waals surface area (Å²) >= 11 is 0. The van der Waals surface area contributed by atoms with E-state index in [0.29, 0.717) is 13.0 Å². The van der Waals surface area contributed by atoms with Gasteiger partial charge in [-0.15, -0.1) is 0 Å². The molecule has 0 aliphatic carbocycles. The summed E-state index contributed by atoms with van der Waals surface area (Å²) in [7, 11) is 1.41. The Hall–Kier alpha value is -1.39. The zero-order valence-electron chi connectivity index (χ0n) is 11.1. The Balaban J connectivity index is 2.48. The molecule has 0 fully saturated rings. The van der Waals surface area contributed by atoms with Crippen molar-refractivity contribution in [2.45, 2.75) is 26.5 Å². The Labute approximate surface area is 108 Å². The van der Waals surface area contributed by atoms with Crippen LogP contribution in [-0.2, 0) is 22.7 Å². The molecule has 0 aromatic heterocycles. The van der Waals surface area contributed by atoms with Gasteiger partial charge in [-0.3, -0.25) is 9.69 Å². The van der Waals surface area contributed by atoms with E-state index in [2.05, 4.69) is 16.6 Å². The molecule has 0 bridgehead atoms. The maximum atomic E-state index is 11.1. The summed E-state index contributed by atoms with van der Waals surface area (Å²) in [6.07, 6.45) is 0.416. The summed E-state index contributed by atoms with van der Waals surface area (Å²) in [5, 5.41) is 8.97. The smallest absolute Gasteiger partial charge is 0.306 e. The molecule has 0 aliphatic rings. The van der Waals surface area contributed by atoms with Gasteiger partial charge in [0, 0.05) is 13.1 Å². The van der Waals surface area contributed by atoms with Gasteiger partial charge in [-0.2, -0.15) is 0 Å². The van der Waals surface area contributed by atoms with Gasteiger partial charge in [-0.05, 0) is 17.7 Å². The van der Waals surface area contributed by atoms with Crippen molar-refractivity contribution < 1.29 is 14.6 Å². The Bertz CT molecular complexity index is 362. The number of hydrogen-bond acceptors (Lipinski definition) is 4. The standard InChI is InChI=1S/C14H21NO3/c1-3-15(9-8-14(17)18-2)10-12-4-6-13(11-16)7-5-12/h4-7,16H,3,8-11H2,1-2H3. The zero-order chi connectivity index (χ0) is 13.4. The van der Waals surface area contributed by atoms with Gasteiger partial charge in [0.25, 0.3) is 0 Å². The van der Waals surface area contributed by atoms with E-state index in [1.807, 2.05) is 24.3 Å². The van der Waals surface area contributed by atoms with Crippen LogP contribution in [0.15, 0.2) is 24.3 Å². The van der Waals surface area contributed by atoms with Gasteiger partial charge < -0.3 is 9.84 Å². The lowest BCUT2D eigenvalue weighted by molar-refractivity contribution is -0.141. The van der Waals surface area contributed by atoms with Crippen molar-refractivity contribution in [3.8, 4) is 0 Å². The first-order valence-corrected chi connectivity index (χ1v) is 6.17. The third-order valence-electron chi connectivity index (χ3n) is 2.92. The van der Waals surface area contributed by atoms with Crippen LogP contribution in [0.2, 0.25) is 0 Å². The van der Waals surface area contributed by atoms with E-state index in [0.717, 1.165) is 18.7 Å². The lowest BCUT2D eigenvalue weighted by Gasteiger charge is -2.19. The second kappa shape index (κ2) is 7.84. The van der Waals surface area contributed by atoms with E-state index in [-0.39, 0.29) is 12.6 Å². The molecule has 0 saturated carbocycles. The lowest BCUT2D eigenvalue weighted by atomic mass is 10.1. The molecule has 1 aromatic rings. The fourth-order valence-corrected chi connectivity index (χ4v) is 1.71. The number of carbonyl (C=O) groups is 1. The largest absolute Gasteiger partial charge is 0.469 e. The van der Waals surface area contributed by atoms with Crippen LogP contribution in [0.25, 0.3) is 0 Å². The first kappa shape index (κ1) is 14.7. The minimum atomic E-state index is -0.177. The van der Waals surface area contributed by atoms with Gasteiger partial charge in [0.05, 0.1) is 20.1 Å². The highest BCUT2D eigenvalue weighted by Gasteiger charge is 2.07. The highest BCUT2D eigenvalue weighted by molar-refractivity contribution is 5.69. The third kappa shape index (κ3) is 4.85. The van der Waals surface area contributed by atoms with Crippen LogP contribution in [0, 0.1) is 0 Å². The molecular weight excluding hydrogens is 230 g/mol. The Morgan fingerprint density at radius 2 is 1.89 bits per heavy atom. The van der Waals surface area contributed by atoms with Gasteiger partial charge in [0.2, 0.25) is 0 Å². The molecule has 0 atom stereocenters. The molecule has 100 valence electrons. The van der Waals surface area contributed by atoms with Gasteiger partial charge in [0.1, 0.15) is 0 Å². The number of nitrogens with zero attached hydrogens (tertiary/aromatic N) is 1. The van der Waals surface area contributed by atoms with Crippen LogP contribution in [0.1, 0.15) is 24.5 Å². The molecule has 0 spiro atoms. The molecule has 18 heavy (non-hydrogen) atoms. The maximum Gasteiger partial charge on any atom is 0.306 e. The van der Waals surface area contributed by atoms with E-state index in [1.165, 1.54) is 12.7 Å². The summed E-state index contributed by atoms with van der Waals surface area (Å²) in [6.45, 7) is 4.53. The van der Waals surface area contributed by atoms with E-state index in [9.17, 15) is 4.79 Å². The van der Waals surface area contributed by atoms with Gasteiger partial charge in [-0.1, -0.05) is 31.2 Å².